The highest BCUT2D eigenvalue weighted by Crippen LogP contribution is 2.36. The van der Waals surface area contributed by atoms with Crippen molar-refractivity contribution in [3.05, 3.63) is 89.5 Å². The van der Waals surface area contributed by atoms with Crippen LogP contribution >= 0.6 is 0 Å². The molecule has 35 heavy (non-hydrogen) atoms. The number of hydrogen-bond acceptors (Lipinski definition) is 5. The van der Waals surface area contributed by atoms with Crippen molar-refractivity contribution in [2.75, 3.05) is 0 Å². The van der Waals surface area contributed by atoms with Crippen molar-refractivity contribution in [1.29, 1.82) is 0 Å². The highest BCUT2D eigenvalue weighted by Gasteiger charge is 2.17. The Morgan fingerprint density at radius 3 is 2.49 bits per heavy atom. The number of hydrogen-bond donors (Lipinski definition) is 3. The predicted molar refractivity (Wildman–Crippen MR) is 132 cm³/mol. The number of carbonyl (C=O) groups is 1. The number of ether oxygens (including phenoxy) is 1. The van der Waals surface area contributed by atoms with Crippen molar-refractivity contribution in [3.63, 3.8) is 0 Å². The number of aromatic nitrogens is 1. The molecule has 3 aromatic rings. The Balaban J connectivity index is 1.98. The first-order chi connectivity index (χ1) is 16.7. The van der Waals surface area contributed by atoms with Gasteiger partial charge in [-0.05, 0) is 64.6 Å². The number of aliphatic hydroxyl groups excluding tert-OH is 2. The van der Waals surface area contributed by atoms with E-state index in [1.807, 2.05) is 44.2 Å². The fourth-order valence-corrected chi connectivity index (χ4v) is 3.75. The molecule has 0 amide bonds. The molecule has 2 atom stereocenters. The molecule has 7 heteroatoms. The van der Waals surface area contributed by atoms with Gasteiger partial charge >= 0.3 is 5.97 Å². The molecule has 184 valence electrons. The van der Waals surface area contributed by atoms with Gasteiger partial charge in [0, 0.05) is 12.6 Å². The van der Waals surface area contributed by atoms with E-state index in [-0.39, 0.29) is 24.8 Å². The van der Waals surface area contributed by atoms with Gasteiger partial charge in [-0.15, -0.1) is 0 Å². The van der Waals surface area contributed by atoms with Crippen LogP contribution in [0.15, 0.2) is 66.9 Å². The molecule has 0 bridgehead atoms. The zero-order valence-electron chi connectivity index (χ0n) is 19.8. The summed E-state index contributed by atoms with van der Waals surface area (Å²) in [7, 11) is 0. The standard InChI is InChI=1S/C28H30FNO5/c1-18(2)26-15-24(35-17-21-5-3-4-12-30-21)16-27(19-6-8-20(29)9-7-19)25(26)11-10-22(31)13-23(32)14-28(33)34/h3-12,15-16,18,22-23,31-32H,13-14,17H2,1-2H3,(H,33,34). The first-order valence-electron chi connectivity index (χ1n) is 11.5. The molecular weight excluding hydrogens is 449 g/mol. The van der Waals surface area contributed by atoms with Crippen LogP contribution in [0.4, 0.5) is 4.39 Å². The third-order valence-corrected chi connectivity index (χ3v) is 5.48. The van der Waals surface area contributed by atoms with Crippen LogP contribution in [-0.4, -0.2) is 38.5 Å². The maximum absolute atomic E-state index is 13.6. The average molecular weight is 480 g/mol. The number of aliphatic carboxylic acids is 1. The van der Waals surface area contributed by atoms with Crippen LogP contribution in [-0.2, 0) is 11.4 Å². The summed E-state index contributed by atoms with van der Waals surface area (Å²) in [4.78, 5) is 15.1. The van der Waals surface area contributed by atoms with Crippen molar-refractivity contribution in [1.82, 2.24) is 4.98 Å². The molecule has 0 aliphatic heterocycles. The van der Waals surface area contributed by atoms with Crippen molar-refractivity contribution in [2.45, 2.75) is 51.4 Å². The highest BCUT2D eigenvalue weighted by molar-refractivity contribution is 5.79. The minimum Gasteiger partial charge on any atom is -0.487 e. The summed E-state index contributed by atoms with van der Waals surface area (Å²) >= 11 is 0. The van der Waals surface area contributed by atoms with E-state index >= 15 is 0 Å². The van der Waals surface area contributed by atoms with E-state index in [0.717, 1.165) is 27.9 Å². The lowest BCUT2D eigenvalue weighted by atomic mass is 9.89. The van der Waals surface area contributed by atoms with Gasteiger partial charge in [-0.3, -0.25) is 9.78 Å². The van der Waals surface area contributed by atoms with Gasteiger partial charge in [-0.25, -0.2) is 4.39 Å². The predicted octanol–water partition coefficient (Wildman–Crippen LogP) is 5.19. The number of benzene rings is 2. The molecule has 0 saturated carbocycles. The maximum atomic E-state index is 13.6. The molecule has 0 aliphatic rings. The number of carboxylic acids is 1. The second-order valence-corrected chi connectivity index (χ2v) is 8.66. The van der Waals surface area contributed by atoms with Crippen LogP contribution in [0.1, 0.15) is 49.4 Å². The lowest BCUT2D eigenvalue weighted by Crippen LogP contribution is -2.19. The quantitative estimate of drug-likeness (QED) is 0.350. The largest absolute Gasteiger partial charge is 0.487 e. The van der Waals surface area contributed by atoms with Gasteiger partial charge in [0.2, 0.25) is 0 Å². The van der Waals surface area contributed by atoms with Gasteiger partial charge in [0.15, 0.2) is 0 Å². The van der Waals surface area contributed by atoms with E-state index in [1.165, 1.54) is 18.2 Å². The number of halogens is 1. The van der Waals surface area contributed by atoms with E-state index in [4.69, 9.17) is 9.84 Å². The van der Waals surface area contributed by atoms with E-state index in [1.54, 1.807) is 24.4 Å². The molecule has 0 spiro atoms. The SMILES string of the molecule is CC(C)c1cc(OCc2ccccn2)cc(-c2ccc(F)cc2)c1C=CC(O)CC(O)CC(=O)O. The number of pyridine rings is 1. The summed E-state index contributed by atoms with van der Waals surface area (Å²) in [5.74, 6) is -0.744. The van der Waals surface area contributed by atoms with Crippen LogP contribution < -0.4 is 4.74 Å². The van der Waals surface area contributed by atoms with Crippen molar-refractivity contribution in [2.24, 2.45) is 0 Å². The molecule has 3 N–H and O–H groups in total. The zero-order chi connectivity index (χ0) is 25.4. The van der Waals surface area contributed by atoms with Gasteiger partial charge < -0.3 is 20.1 Å². The van der Waals surface area contributed by atoms with E-state index in [2.05, 4.69) is 4.98 Å². The number of aliphatic hydroxyl groups is 2. The monoisotopic (exact) mass is 479 g/mol. The third-order valence-electron chi connectivity index (χ3n) is 5.48. The Labute approximate surface area is 204 Å². The van der Waals surface area contributed by atoms with Crippen LogP contribution in [0, 0.1) is 5.82 Å². The summed E-state index contributed by atoms with van der Waals surface area (Å²) < 4.78 is 19.7. The molecule has 0 aliphatic carbocycles. The summed E-state index contributed by atoms with van der Waals surface area (Å²) in [6.07, 6.45) is 2.26. The number of rotatable bonds is 11. The van der Waals surface area contributed by atoms with Crippen LogP contribution in [0.25, 0.3) is 17.2 Å². The van der Waals surface area contributed by atoms with E-state index < -0.39 is 24.6 Å². The smallest absolute Gasteiger partial charge is 0.305 e. The molecule has 0 saturated heterocycles. The Hall–Kier alpha value is -3.55. The first kappa shape index (κ1) is 26.1. The van der Waals surface area contributed by atoms with Crippen LogP contribution in [0.2, 0.25) is 0 Å². The molecule has 0 fully saturated rings. The molecule has 0 radical (unpaired) electrons. The lowest BCUT2D eigenvalue weighted by molar-refractivity contribution is -0.139. The number of carboxylic acid groups (broad SMARTS) is 1. The van der Waals surface area contributed by atoms with E-state index in [9.17, 15) is 19.4 Å². The van der Waals surface area contributed by atoms with Crippen LogP contribution in [0.3, 0.4) is 0 Å². The zero-order valence-corrected chi connectivity index (χ0v) is 19.8. The van der Waals surface area contributed by atoms with Gasteiger partial charge in [0.25, 0.3) is 0 Å². The molecule has 2 unspecified atom stereocenters. The van der Waals surface area contributed by atoms with Gasteiger partial charge in [-0.2, -0.15) is 0 Å². The highest BCUT2D eigenvalue weighted by atomic mass is 19.1. The minimum absolute atomic E-state index is 0.0991. The fourth-order valence-electron chi connectivity index (χ4n) is 3.75. The Kier molecular flexibility index (Phi) is 9.11. The molecule has 6 nitrogen and oxygen atoms in total. The number of nitrogens with zero attached hydrogens (tertiary/aromatic N) is 1. The Bertz CT molecular complexity index is 1150. The summed E-state index contributed by atoms with van der Waals surface area (Å²) in [6, 6.07) is 15.5. The second-order valence-electron chi connectivity index (χ2n) is 8.66. The first-order valence-corrected chi connectivity index (χ1v) is 11.5. The van der Waals surface area contributed by atoms with Crippen molar-refractivity contribution >= 4 is 12.0 Å². The summed E-state index contributed by atoms with van der Waals surface area (Å²) in [6.45, 7) is 4.37. The minimum atomic E-state index is -1.16. The summed E-state index contributed by atoms with van der Waals surface area (Å²) in [5.41, 5.74) is 4.13. The van der Waals surface area contributed by atoms with E-state index in [0.29, 0.717) is 5.75 Å². The molecule has 1 aromatic heterocycles. The Morgan fingerprint density at radius 1 is 1.11 bits per heavy atom. The third kappa shape index (κ3) is 7.73. The normalized spacial score (nSPS) is 13.2. The van der Waals surface area contributed by atoms with Crippen LogP contribution in [0.5, 0.6) is 5.75 Å². The van der Waals surface area contributed by atoms with Gasteiger partial charge in [-0.1, -0.05) is 44.2 Å². The molecule has 2 aromatic carbocycles. The Morgan fingerprint density at radius 2 is 1.86 bits per heavy atom. The molecular formula is C28H30FNO5. The molecule has 3 rings (SSSR count). The van der Waals surface area contributed by atoms with Gasteiger partial charge in [0.1, 0.15) is 18.2 Å². The molecule has 1 heterocycles. The lowest BCUT2D eigenvalue weighted by Gasteiger charge is -2.19. The topological polar surface area (TPSA) is 99.9 Å². The van der Waals surface area contributed by atoms with Crippen molar-refractivity contribution < 1.29 is 29.2 Å². The van der Waals surface area contributed by atoms with Crippen molar-refractivity contribution in [3.8, 4) is 16.9 Å². The maximum Gasteiger partial charge on any atom is 0.305 e. The second kappa shape index (κ2) is 12.2. The average Bonchev–Trinajstić information content (AvgIpc) is 2.81. The fraction of sp³-hybridized carbons (Fsp3) is 0.286. The summed E-state index contributed by atoms with van der Waals surface area (Å²) in [5, 5.41) is 29.0. The van der Waals surface area contributed by atoms with Gasteiger partial charge in [0.05, 0.1) is 24.3 Å².